The third-order valence-electron chi connectivity index (χ3n) is 2.13. The first-order chi connectivity index (χ1) is 8.50. The first-order valence-corrected chi connectivity index (χ1v) is 7.83. The Balaban J connectivity index is 2.86. The fourth-order valence-corrected chi connectivity index (χ4v) is 3.44. The van der Waals surface area contributed by atoms with Gasteiger partial charge in [0.25, 0.3) is 0 Å². The van der Waals surface area contributed by atoms with Crippen molar-refractivity contribution in [1.82, 2.24) is 0 Å². The number of benzene rings is 1. The Morgan fingerprint density at radius 1 is 1.00 bits per heavy atom. The van der Waals surface area contributed by atoms with Crippen molar-refractivity contribution >= 4 is 58.2 Å². The van der Waals surface area contributed by atoms with E-state index in [0.717, 1.165) is 18.6 Å². The van der Waals surface area contributed by atoms with Crippen molar-refractivity contribution in [2.75, 3.05) is 5.75 Å². The molecule has 0 fully saturated rings. The van der Waals surface area contributed by atoms with Crippen LogP contribution in [0.15, 0.2) is 17.0 Å². The smallest absolute Gasteiger partial charge is 0.155 e. The van der Waals surface area contributed by atoms with Crippen molar-refractivity contribution in [2.45, 2.75) is 24.7 Å². The van der Waals surface area contributed by atoms with Gasteiger partial charge in [-0.1, -0.05) is 65.5 Å². The molecule has 0 saturated carbocycles. The van der Waals surface area contributed by atoms with Gasteiger partial charge in [-0.05, 0) is 12.8 Å². The monoisotopic (exact) mass is 344 g/mol. The first kappa shape index (κ1) is 16.3. The Morgan fingerprint density at radius 2 is 1.56 bits per heavy atom. The molecule has 0 spiro atoms. The van der Waals surface area contributed by atoms with Crippen LogP contribution in [0.1, 0.15) is 19.8 Å². The Labute approximate surface area is 131 Å². The second-order valence-electron chi connectivity index (χ2n) is 3.45. The van der Waals surface area contributed by atoms with Gasteiger partial charge in [0.15, 0.2) is 5.75 Å². The van der Waals surface area contributed by atoms with E-state index in [9.17, 15) is 5.11 Å². The summed E-state index contributed by atoms with van der Waals surface area (Å²) in [5.41, 5.74) is 0. The molecule has 0 atom stereocenters. The van der Waals surface area contributed by atoms with Gasteiger partial charge in [0.1, 0.15) is 10.0 Å². The number of phenolic OH excluding ortho intramolecular Hbond substituents is 1. The molecule has 0 radical (unpaired) electrons. The van der Waals surface area contributed by atoms with Gasteiger partial charge in [-0.25, -0.2) is 0 Å². The molecule has 6 heteroatoms. The van der Waals surface area contributed by atoms with Crippen LogP contribution in [0.25, 0.3) is 0 Å². The zero-order valence-electron chi connectivity index (χ0n) is 9.64. The molecule has 0 aliphatic carbocycles. The molecule has 1 nitrogen and oxygen atoms in total. The lowest BCUT2D eigenvalue weighted by Gasteiger charge is -2.11. The highest BCUT2D eigenvalue weighted by atomic mass is 35.5. The van der Waals surface area contributed by atoms with E-state index in [0.29, 0.717) is 4.90 Å². The molecule has 18 heavy (non-hydrogen) atoms. The minimum absolute atomic E-state index is 0.0395. The number of aromatic hydroxyl groups is 1. The molecule has 0 aliphatic rings. The summed E-state index contributed by atoms with van der Waals surface area (Å²) < 4.78 is 0. The summed E-state index contributed by atoms with van der Waals surface area (Å²) in [5.74, 6) is 0.538. The molecule has 0 aliphatic heterocycles. The quantitative estimate of drug-likeness (QED) is 0.286. The van der Waals surface area contributed by atoms with Gasteiger partial charge >= 0.3 is 0 Å². The molecule has 1 aromatic rings. The number of hydrogen-bond donors (Lipinski definition) is 1. The van der Waals surface area contributed by atoms with Crippen LogP contribution in [0, 0.1) is 0 Å². The van der Waals surface area contributed by atoms with Gasteiger partial charge in [-0.3, -0.25) is 0 Å². The van der Waals surface area contributed by atoms with Gasteiger partial charge in [0.05, 0.1) is 10.0 Å². The molecule has 1 N–H and O–H groups in total. The SMILES string of the molecule is CCC=CCCSc1c(Cl)c(Cl)c(O)c(Cl)c1Cl. The zero-order chi connectivity index (χ0) is 13.7. The zero-order valence-corrected chi connectivity index (χ0v) is 13.5. The molecule has 0 heterocycles. The van der Waals surface area contributed by atoms with Crippen LogP contribution >= 0.6 is 58.2 Å². The molecule has 0 bridgehead atoms. The highest BCUT2D eigenvalue weighted by Gasteiger charge is 2.19. The van der Waals surface area contributed by atoms with Gasteiger partial charge < -0.3 is 5.11 Å². The Kier molecular flexibility index (Phi) is 7.04. The lowest BCUT2D eigenvalue weighted by molar-refractivity contribution is 0.475. The third-order valence-corrected chi connectivity index (χ3v) is 5.18. The van der Waals surface area contributed by atoms with Gasteiger partial charge in [-0.2, -0.15) is 0 Å². The minimum atomic E-state index is -0.274. The van der Waals surface area contributed by atoms with E-state index in [4.69, 9.17) is 46.4 Å². The summed E-state index contributed by atoms with van der Waals surface area (Å²) >= 11 is 25.3. The van der Waals surface area contributed by atoms with E-state index in [1.807, 2.05) is 0 Å². The van der Waals surface area contributed by atoms with Crippen LogP contribution in [0.4, 0.5) is 0 Å². The van der Waals surface area contributed by atoms with E-state index in [1.165, 1.54) is 11.8 Å². The van der Waals surface area contributed by atoms with Crippen molar-refractivity contribution in [3.05, 3.63) is 32.2 Å². The van der Waals surface area contributed by atoms with E-state index in [1.54, 1.807) is 0 Å². The van der Waals surface area contributed by atoms with Crippen molar-refractivity contribution < 1.29 is 5.11 Å². The minimum Gasteiger partial charge on any atom is -0.505 e. The largest absolute Gasteiger partial charge is 0.505 e. The Bertz CT molecular complexity index is 431. The maximum absolute atomic E-state index is 9.58. The van der Waals surface area contributed by atoms with Crippen molar-refractivity contribution in [1.29, 1.82) is 0 Å². The van der Waals surface area contributed by atoms with E-state index in [-0.39, 0.29) is 25.8 Å². The molecule has 1 rings (SSSR count). The number of phenols is 1. The predicted octanol–water partition coefficient (Wildman–Crippen LogP) is 6.45. The molecule has 0 amide bonds. The summed E-state index contributed by atoms with van der Waals surface area (Å²) in [5, 5.41) is 10.1. The van der Waals surface area contributed by atoms with E-state index in [2.05, 4.69) is 19.1 Å². The average Bonchev–Trinajstić information content (AvgIpc) is 2.37. The van der Waals surface area contributed by atoms with Crippen molar-refractivity contribution in [3.8, 4) is 5.75 Å². The lowest BCUT2D eigenvalue weighted by Crippen LogP contribution is -1.85. The Morgan fingerprint density at radius 3 is 2.06 bits per heavy atom. The van der Waals surface area contributed by atoms with Crippen LogP contribution in [-0.4, -0.2) is 10.9 Å². The molecule has 0 saturated heterocycles. The summed E-state index contributed by atoms with van der Waals surface area (Å²) in [7, 11) is 0. The number of halogens is 4. The molecular formula is C12H12Cl4OS. The van der Waals surface area contributed by atoms with Crippen LogP contribution in [-0.2, 0) is 0 Å². The first-order valence-electron chi connectivity index (χ1n) is 5.33. The van der Waals surface area contributed by atoms with E-state index < -0.39 is 0 Å². The standard InChI is InChI=1S/C12H12Cl4OS/c1-2-3-4-5-6-18-12-9(15)7(13)11(17)8(14)10(12)16/h3-4,17H,2,5-6H2,1H3. The maximum atomic E-state index is 9.58. The van der Waals surface area contributed by atoms with Crippen LogP contribution in [0.5, 0.6) is 5.75 Å². The maximum Gasteiger partial charge on any atom is 0.155 e. The fraction of sp³-hybridized carbons (Fsp3) is 0.333. The third kappa shape index (κ3) is 3.88. The number of hydrogen-bond acceptors (Lipinski definition) is 2. The second-order valence-corrected chi connectivity index (χ2v) is 6.07. The summed E-state index contributed by atoms with van der Waals surface area (Å²) in [6, 6.07) is 0. The molecule has 100 valence electrons. The summed E-state index contributed by atoms with van der Waals surface area (Å²) in [6.07, 6.45) is 6.11. The molecule has 1 aromatic carbocycles. The molecule has 0 aromatic heterocycles. The molecule has 0 unspecified atom stereocenters. The summed E-state index contributed by atoms with van der Waals surface area (Å²) in [4.78, 5) is 0.607. The topological polar surface area (TPSA) is 20.2 Å². The van der Waals surface area contributed by atoms with Gasteiger partial charge in [0, 0.05) is 10.6 Å². The van der Waals surface area contributed by atoms with Crippen LogP contribution in [0.2, 0.25) is 20.1 Å². The van der Waals surface area contributed by atoms with Gasteiger partial charge in [-0.15, -0.1) is 11.8 Å². The average molecular weight is 346 g/mol. The summed E-state index contributed by atoms with van der Waals surface area (Å²) in [6.45, 7) is 2.08. The highest BCUT2D eigenvalue weighted by Crippen LogP contribution is 2.48. The predicted molar refractivity (Wildman–Crippen MR) is 82.9 cm³/mol. The van der Waals surface area contributed by atoms with Gasteiger partial charge in [0.2, 0.25) is 0 Å². The molecular weight excluding hydrogens is 334 g/mol. The van der Waals surface area contributed by atoms with Crippen LogP contribution in [0.3, 0.4) is 0 Å². The number of thioether (sulfide) groups is 1. The Hall–Kier alpha value is 0.270. The fourth-order valence-electron chi connectivity index (χ4n) is 1.24. The van der Waals surface area contributed by atoms with Crippen molar-refractivity contribution in [3.63, 3.8) is 0 Å². The van der Waals surface area contributed by atoms with Crippen LogP contribution < -0.4 is 0 Å². The van der Waals surface area contributed by atoms with Crippen molar-refractivity contribution in [2.24, 2.45) is 0 Å². The highest BCUT2D eigenvalue weighted by molar-refractivity contribution is 7.99. The second kappa shape index (κ2) is 7.76. The number of allylic oxidation sites excluding steroid dienone is 2. The lowest BCUT2D eigenvalue weighted by atomic mass is 10.3. The normalized spacial score (nSPS) is 11.4. The van der Waals surface area contributed by atoms with E-state index >= 15 is 0 Å². The number of rotatable bonds is 5.